The van der Waals surface area contributed by atoms with Crippen molar-refractivity contribution in [2.24, 2.45) is 0 Å². The summed E-state index contributed by atoms with van der Waals surface area (Å²) in [4.78, 5) is 45.2. The smallest absolute Gasteiger partial charge is 0.456 e. The molecule has 7 nitrogen and oxygen atoms in total. The molecular weight excluding hydrogens is 523 g/mol. The highest BCUT2D eigenvalue weighted by Crippen LogP contribution is 2.37. The fraction of sp³-hybridized carbons (Fsp3) is 0.765. The van der Waals surface area contributed by atoms with Crippen LogP contribution < -0.4 is 0 Å². The molecule has 0 spiro atoms. The van der Waals surface area contributed by atoms with Crippen LogP contribution >= 0.6 is 0 Å². The third-order valence-electron chi connectivity index (χ3n) is 3.77. The Bertz CT molecular complexity index is 746. The van der Waals surface area contributed by atoms with E-state index in [2.05, 4.69) is 9.47 Å². The van der Waals surface area contributed by atoms with Crippen molar-refractivity contribution in [3.05, 3.63) is 0 Å². The summed E-state index contributed by atoms with van der Waals surface area (Å²) in [7, 11) is 0. The van der Waals surface area contributed by atoms with Gasteiger partial charge in [0.25, 0.3) is 0 Å². The summed E-state index contributed by atoms with van der Waals surface area (Å²) >= 11 is 0. The van der Waals surface area contributed by atoms with E-state index in [-0.39, 0.29) is 25.7 Å². The molecule has 0 aliphatic rings. The minimum absolute atomic E-state index is 0.0332. The number of ether oxygens (including phenoxy) is 2. The van der Waals surface area contributed by atoms with Gasteiger partial charge in [-0.1, -0.05) is 12.8 Å². The summed E-state index contributed by atoms with van der Waals surface area (Å²) in [5.74, 6) is -14.4. The lowest BCUT2D eigenvalue weighted by molar-refractivity contribution is -0.273. The second kappa shape index (κ2) is 12.9. The van der Waals surface area contributed by atoms with E-state index in [4.69, 9.17) is 0 Å². The topological polar surface area (TPSA) is 90.0 Å². The number of imide groups is 1. The normalized spacial score (nSPS) is 12.8. The minimum Gasteiger partial charge on any atom is -0.456 e. The number of halogens is 11. The Labute approximate surface area is 189 Å². The zero-order valence-electron chi connectivity index (χ0n) is 17.4. The van der Waals surface area contributed by atoms with E-state index in [1.807, 2.05) is 0 Å². The first kappa shape index (κ1) is 32.3. The molecule has 0 saturated carbocycles. The van der Waals surface area contributed by atoms with Gasteiger partial charge in [-0.05, 0) is 12.8 Å². The third kappa shape index (κ3) is 13.1. The lowest BCUT2D eigenvalue weighted by Gasteiger charge is -2.26. The fourth-order valence-corrected chi connectivity index (χ4v) is 2.17. The molecule has 0 saturated heterocycles. The molecule has 0 aromatic carbocycles. The van der Waals surface area contributed by atoms with Crippen LogP contribution in [0.2, 0.25) is 0 Å². The quantitative estimate of drug-likeness (QED) is 0.210. The molecule has 18 heteroatoms. The maximum atomic E-state index is 13.3. The van der Waals surface area contributed by atoms with Crippen molar-refractivity contribution >= 4 is 23.8 Å². The van der Waals surface area contributed by atoms with Gasteiger partial charge in [-0.25, -0.2) is 0 Å². The van der Waals surface area contributed by atoms with Gasteiger partial charge < -0.3 is 9.47 Å². The summed E-state index contributed by atoms with van der Waals surface area (Å²) in [6, 6.07) is 0. The molecule has 0 bridgehead atoms. The van der Waals surface area contributed by atoms with Crippen LogP contribution in [0.25, 0.3) is 0 Å². The number of esters is 2. The zero-order chi connectivity index (χ0) is 27.7. The van der Waals surface area contributed by atoms with Crippen LogP contribution in [0.15, 0.2) is 0 Å². The maximum Gasteiger partial charge on any atom is 0.463 e. The Kier molecular flexibility index (Phi) is 11.9. The lowest BCUT2D eigenvalue weighted by atomic mass is 10.1. The Morgan fingerprint density at radius 1 is 0.600 bits per heavy atom. The highest BCUT2D eigenvalue weighted by atomic mass is 19.4. The van der Waals surface area contributed by atoms with Crippen molar-refractivity contribution < 1.29 is 76.9 Å². The average Bonchev–Trinajstić information content (AvgIpc) is 2.68. The molecule has 0 rings (SSSR count). The van der Waals surface area contributed by atoms with Crippen LogP contribution in [-0.2, 0) is 28.7 Å². The van der Waals surface area contributed by atoms with Crippen LogP contribution in [0.5, 0.6) is 0 Å². The van der Waals surface area contributed by atoms with E-state index in [1.54, 1.807) is 0 Å². The van der Waals surface area contributed by atoms with Gasteiger partial charge in [0.2, 0.25) is 5.91 Å². The van der Waals surface area contributed by atoms with Crippen molar-refractivity contribution in [1.29, 1.82) is 0 Å². The standard InChI is InChI=1S/C17H18F11NO6/c18-14(19,20)8-34-11(31)6-4-2-1-3-5-10(30)29(7-12(32)35-9-15(21,22)23)13(33)16(24,25)17(26,27)28/h1-9H2. The lowest BCUT2D eigenvalue weighted by Crippen LogP contribution is -2.55. The maximum absolute atomic E-state index is 13.3. The molecule has 0 unspecified atom stereocenters. The van der Waals surface area contributed by atoms with E-state index in [9.17, 15) is 67.5 Å². The van der Waals surface area contributed by atoms with Crippen LogP contribution in [0.3, 0.4) is 0 Å². The van der Waals surface area contributed by atoms with Crippen molar-refractivity contribution in [2.75, 3.05) is 19.8 Å². The number of carbonyl (C=O) groups is 4. The molecule has 0 aliphatic heterocycles. The van der Waals surface area contributed by atoms with Gasteiger partial charge in [-0.2, -0.15) is 48.3 Å². The van der Waals surface area contributed by atoms with Crippen molar-refractivity contribution in [2.45, 2.75) is 63.0 Å². The highest BCUT2D eigenvalue weighted by molar-refractivity contribution is 6.01. The Balaban J connectivity index is 4.91. The van der Waals surface area contributed by atoms with Crippen molar-refractivity contribution in [3.8, 4) is 0 Å². The summed E-state index contributed by atoms with van der Waals surface area (Å²) in [6.07, 6.45) is -18.0. The Morgan fingerprint density at radius 3 is 1.46 bits per heavy atom. The number of hydrogen-bond acceptors (Lipinski definition) is 6. The van der Waals surface area contributed by atoms with Gasteiger partial charge in [0.1, 0.15) is 6.54 Å². The first-order valence-corrected chi connectivity index (χ1v) is 9.41. The number of amides is 2. The van der Waals surface area contributed by atoms with Gasteiger partial charge in [0.15, 0.2) is 13.2 Å². The van der Waals surface area contributed by atoms with Gasteiger partial charge in [0, 0.05) is 12.8 Å². The zero-order valence-corrected chi connectivity index (χ0v) is 17.4. The molecule has 204 valence electrons. The summed E-state index contributed by atoms with van der Waals surface area (Å²) in [5, 5.41) is 0. The fourth-order valence-electron chi connectivity index (χ4n) is 2.17. The Hall–Kier alpha value is -2.69. The van der Waals surface area contributed by atoms with Gasteiger partial charge in [-0.15, -0.1) is 0 Å². The number of hydrogen-bond donors (Lipinski definition) is 0. The number of alkyl halides is 11. The first-order chi connectivity index (χ1) is 15.7. The molecule has 0 aromatic rings. The monoisotopic (exact) mass is 541 g/mol. The first-order valence-electron chi connectivity index (χ1n) is 9.41. The van der Waals surface area contributed by atoms with Crippen molar-refractivity contribution in [3.63, 3.8) is 0 Å². The molecule has 35 heavy (non-hydrogen) atoms. The molecule has 0 fully saturated rings. The van der Waals surface area contributed by atoms with E-state index in [1.165, 1.54) is 0 Å². The van der Waals surface area contributed by atoms with Crippen LogP contribution in [-0.4, -0.2) is 72.9 Å². The van der Waals surface area contributed by atoms with E-state index < -0.39 is 85.7 Å². The predicted octanol–water partition coefficient (Wildman–Crippen LogP) is 4.09. The predicted molar refractivity (Wildman–Crippen MR) is 89.5 cm³/mol. The highest BCUT2D eigenvalue weighted by Gasteiger charge is 2.65. The van der Waals surface area contributed by atoms with Crippen LogP contribution in [0, 0.1) is 0 Å². The van der Waals surface area contributed by atoms with Crippen LogP contribution in [0.1, 0.15) is 38.5 Å². The average molecular weight is 541 g/mol. The molecule has 0 aliphatic carbocycles. The Morgan fingerprint density at radius 2 is 1.03 bits per heavy atom. The molecule has 0 atom stereocenters. The summed E-state index contributed by atoms with van der Waals surface area (Å²) in [6.45, 7) is -6.02. The van der Waals surface area contributed by atoms with Gasteiger partial charge >= 0.3 is 42.3 Å². The van der Waals surface area contributed by atoms with Crippen molar-refractivity contribution in [1.82, 2.24) is 4.90 Å². The van der Waals surface area contributed by atoms with E-state index in [0.717, 1.165) is 0 Å². The number of rotatable bonds is 12. The third-order valence-corrected chi connectivity index (χ3v) is 3.77. The van der Waals surface area contributed by atoms with E-state index in [0.29, 0.717) is 0 Å². The summed E-state index contributed by atoms with van der Waals surface area (Å²) < 4.78 is 143. The molecule has 0 heterocycles. The van der Waals surface area contributed by atoms with Gasteiger partial charge in [-0.3, -0.25) is 24.1 Å². The number of unbranched alkanes of at least 4 members (excludes halogenated alkanes) is 3. The molecular formula is C17H18F11NO6. The SMILES string of the molecule is O=C(CCCCCCC(=O)N(CC(=O)OCC(F)(F)F)C(=O)C(F)(F)C(F)(F)F)OCC(F)(F)F. The van der Waals surface area contributed by atoms with Crippen LogP contribution in [0.4, 0.5) is 48.3 Å². The molecule has 0 radical (unpaired) electrons. The minimum atomic E-state index is -6.49. The molecule has 2 amide bonds. The molecule has 0 N–H and O–H groups in total. The van der Waals surface area contributed by atoms with Gasteiger partial charge in [0.05, 0.1) is 0 Å². The second-order valence-electron chi connectivity index (χ2n) is 6.82. The number of nitrogens with zero attached hydrogens (tertiary/aromatic N) is 1. The summed E-state index contributed by atoms with van der Waals surface area (Å²) in [5.41, 5.74) is 0. The molecule has 0 aromatic heterocycles. The number of carbonyl (C=O) groups excluding carboxylic acids is 4. The largest absolute Gasteiger partial charge is 0.463 e. The van der Waals surface area contributed by atoms with E-state index >= 15 is 0 Å². The second-order valence-corrected chi connectivity index (χ2v) is 6.82.